The average molecular weight is 451 g/mol. The summed E-state index contributed by atoms with van der Waals surface area (Å²) in [4.78, 5) is 32.6. The molecule has 1 fully saturated rings. The van der Waals surface area contributed by atoms with Crippen LogP contribution >= 0.6 is 0 Å². The van der Waals surface area contributed by atoms with E-state index in [4.69, 9.17) is 4.98 Å². The predicted octanol–water partition coefficient (Wildman–Crippen LogP) is 2.76. The van der Waals surface area contributed by atoms with E-state index in [1.807, 2.05) is 71.0 Å². The highest BCUT2D eigenvalue weighted by Gasteiger charge is 2.34. The molecule has 0 aliphatic carbocycles. The normalized spacial score (nSPS) is 13.7. The van der Waals surface area contributed by atoms with E-state index < -0.39 is 0 Å². The van der Waals surface area contributed by atoms with Gasteiger partial charge in [-0.2, -0.15) is 5.10 Å². The van der Waals surface area contributed by atoms with Gasteiger partial charge in [0.2, 0.25) is 5.91 Å². The van der Waals surface area contributed by atoms with Crippen molar-refractivity contribution in [3.8, 4) is 17.1 Å². The summed E-state index contributed by atoms with van der Waals surface area (Å²) in [6.45, 7) is 3.18. The maximum atomic E-state index is 13.2. The van der Waals surface area contributed by atoms with Crippen LogP contribution in [0.5, 0.6) is 0 Å². The van der Waals surface area contributed by atoms with Gasteiger partial charge in [-0.15, -0.1) is 0 Å². The minimum absolute atomic E-state index is 0.0395. The molecule has 10 heteroatoms. The lowest BCUT2D eigenvalue weighted by Crippen LogP contribution is -2.52. The Labute approximate surface area is 194 Å². The number of hydrogen-bond donors (Lipinski definition) is 1. The van der Waals surface area contributed by atoms with Gasteiger partial charge in [0, 0.05) is 30.9 Å². The molecule has 168 valence electrons. The molecule has 1 aromatic carbocycles. The van der Waals surface area contributed by atoms with E-state index >= 15 is 0 Å². The summed E-state index contributed by atoms with van der Waals surface area (Å²) < 4.78 is 3.50. The van der Waals surface area contributed by atoms with E-state index in [-0.39, 0.29) is 11.8 Å². The minimum Gasteiger partial charge on any atom is -0.355 e. The van der Waals surface area contributed by atoms with Crippen LogP contribution in [0.25, 0.3) is 22.7 Å². The van der Waals surface area contributed by atoms with Gasteiger partial charge in [0.15, 0.2) is 5.82 Å². The number of aromatic nitrogens is 7. The Kier molecular flexibility index (Phi) is 4.76. The van der Waals surface area contributed by atoms with E-state index in [0.717, 1.165) is 28.3 Å². The molecule has 34 heavy (non-hydrogen) atoms. The molecule has 0 atom stereocenters. The lowest BCUT2D eigenvalue weighted by atomic mass is 9.99. The second-order valence-corrected chi connectivity index (χ2v) is 8.22. The van der Waals surface area contributed by atoms with Gasteiger partial charge in [0.05, 0.1) is 5.92 Å². The molecule has 4 aromatic heterocycles. The van der Waals surface area contributed by atoms with Crippen LogP contribution in [-0.2, 0) is 4.79 Å². The summed E-state index contributed by atoms with van der Waals surface area (Å²) in [6.07, 6.45) is 6.45. The molecule has 0 radical (unpaired) electrons. The third kappa shape index (κ3) is 3.45. The van der Waals surface area contributed by atoms with E-state index in [1.165, 1.54) is 12.7 Å². The molecule has 1 amide bonds. The molecule has 5 heterocycles. The van der Waals surface area contributed by atoms with Crippen molar-refractivity contribution < 1.29 is 4.79 Å². The maximum absolute atomic E-state index is 13.2. The zero-order valence-electron chi connectivity index (χ0n) is 18.4. The minimum atomic E-state index is -0.163. The van der Waals surface area contributed by atoms with Crippen LogP contribution in [0.3, 0.4) is 0 Å². The first-order valence-corrected chi connectivity index (χ1v) is 10.9. The summed E-state index contributed by atoms with van der Waals surface area (Å²) >= 11 is 0. The second-order valence-electron chi connectivity index (χ2n) is 8.22. The van der Waals surface area contributed by atoms with Crippen LogP contribution in [0.15, 0.2) is 73.7 Å². The fraction of sp³-hybridized carbons (Fsp3) is 0.167. The highest BCUT2D eigenvalue weighted by Crippen LogP contribution is 2.32. The summed E-state index contributed by atoms with van der Waals surface area (Å²) in [6, 6.07) is 15.7. The molecule has 1 aliphatic rings. The standard InChI is InChI=1S/C24H21N9O/c1-16-6-2-3-7-18(16)22-23(32-9-5-4-8-19(32)29-22)30-24(34)17-11-31(12-17)20-10-21(27-14-26-20)33-15-25-13-28-33/h2-10,13-15,17H,11-12H2,1H3,(H,30,34). The number of aryl methyl sites for hydroxylation is 1. The molecule has 0 spiro atoms. The van der Waals surface area contributed by atoms with E-state index in [2.05, 4.69) is 25.4 Å². The zero-order chi connectivity index (χ0) is 23.1. The van der Waals surface area contributed by atoms with E-state index in [9.17, 15) is 4.79 Å². The largest absolute Gasteiger partial charge is 0.355 e. The number of benzene rings is 1. The summed E-state index contributed by atoms with van der Waals surface area (Å²) in [5.74, 6) is 1.86. The number of carbonyl (C=O) groups excluding carboxylic acids is 1. The number of hydrogen-bond acceptors (Lipinski definition) is 7. The van der Waals surface area contributed by atoms with Crippen molar-refractivity contribution in [3.05, 3.63) is 79.3 Å². The monoisotopic (exact) mass is 451 g/mol. The SMILES string of the molecule is Cc1ccccc1-c1nc2ccccn2c1NC(=O)C1CN(c2cc(-n3cncn3)ncn2)C1. The third-order valence-electron chi connectivity index (χ3n) is 6.04. The van der Waals surface area contributed by atoms with Gasteiger partial charge in [-0.1, -0.05) is 30.3 Å². The molecule has 1 N–H and O–H groups in total. The molecular weight excluding hydrogens is 430 g/mol. The lowest BCUT2D eigenvalue weighted by Gasteiger charge is -2.39. The molecule has 1 saturated heterocycles. The molecule has 5 aromatic rings. The Morgan fingerprint density at radius 3 is 2.68 bits per heavy atom. The average Bonchev–Trinajstić information content (AvgIpc) is 3.48. The molecule has 0 unspecified atom stereocenters. The first kappa shape index (κ1) is 20.0. The Balaban J connectivity index is 1.23. The van der Waals surface area contributed by atoms with Gasteiger partial charge in [-0.05, 0) is 24.6 Å². The highest BCUT2D eigenvalue weighted by molar-refractivity contribution is 5.97. The van der Waals surface area contributed by atoms with E-state index in [1.54, 1.807) is 11.0 Å². The fourth-order valence-electron chi connectivity index (χ4n) is 4.15. The first-order chi connectivity index (χ1) is 16.7. The number of pyridine rings is 1. The van der Waals surface area contributed by atoms with Crippen molar-refractivity contribution in [2.45, 2.75) is 6.92 Å². The van der Waals surface area contributed by atoms with Gasteiger partial charge in [0.25, 0.3) is 0 Å². The second kappa shape index (κ2) is 8.07. The van der Waals surface area contributed by atoms with Crippen LogP contribution in [0.1, 0.15) is 5.56 Å². The molecule has 0 bridgehead atoms. The number of fused-ring (bicyclic) bond motifs is 1. The van der Waals surface area contributed by atoms with Crippen molar-refractivity contribution in [1.82, 2.24) is 34.1 Å². The Morgan fingerprint density at radius 1 is 1.03 bits per heavy atom. The van der Waals surface area contributed by atoms with Crippen LogP contribution < -0.4 is 10.2 Å². The number of rotatable bonds is 5. The van der Waals surface area contributed by atoms with Crippen molar-refractivity contribution in [3.63, 3.8) is 0 Å². The number of nitrogens with zero attached hydrogens (tertiary/aromatic N) is 8. The third-order valence-corrected chi connectivity index (χ3v) is 6.04. The zero-order valence-corrected chi connectivity index (χ0v) is 18.4. The smallest absolute Gasteiger partial charge is 0.232 e. The van der Waals surface area contributed by atoms with Crippen LogP contribution in [0.2, 0.25) is 0 Å². The molecule has 10 nitrogen and oxygen atoms in total. The molecule has 1 aliphatic heterocycles. The van der Waals surface area contributed by atoms with Crippen molar-refractivity contribution in [1.29, 1.82) is 0 Å². The van der Waals surface area contributed by atoms with Gasteiger partial charge >= 0.3 is 0 Å². The Hall–Kier alpha value is -4.60. The first-order valence-electron chi connectivity index (χ1n) is 10.9. The molecule has 6 rings (SSSR count). The van der Waals surface area contributed by atoms with E-state index in [0.29, 0.717) is 24.7 Å². The van der Waals surface area contributed by atoms with Gasteiger partial charge in [-0.25, -0.2) is 24.6 Å². The number of nitrogens with one attached hydrogen (secondary N) is 1. The summed E-state index contributed by atoms with van der Waals surface area (Å²) in [5, 5.41) is 7.25. The highest BCUT2D eigenvalue weighted by atomic mass is 16.2. The number of amides is 1. The van der Waals surface area contributed by atoms with Crippen molar-refractivity contribution in [2.24, 2.45) is 5.92 Å². The van der Waals surface area contributed by atoms with Crippen LogP contribution in [0.4, 0.5) is 11.6 Å². The summed E-state index contributed by atoms with van der Waals surface area (Å²) in [7, 11) is 0. The van der Waals surface area contributed by atoms with Gasteiger partial charge in [0.1, 0.15) is 42.0 Å². The van der Waals surface area contributed by atoms with Crippen molar-refractivity contribution >= 4 is 23.2 Å². The topological polar surface area (TPSA) is 106 Å². The van der Waals surface area contributed by atoms with Crippen molar-refractivity contribution in [2.75, 3.05) is 23.3 Å². The maximum Gasteiger partial charge on any atom is 0.232 e. The predicted molar refractivity (Wildman–Crippen MR) is 127 cm³/mol. The van der Waals surface area contributed by atoms with Crippen LogP contribution in [-0.4, -0.2) is 53.1 Å². The van der Waals surface area contributed by atoms with Crippen LogP contribution in [0, 0.1) is 12.8 Å². The Morgan fingerprint density at radius 2 is 1.85 bits per heavy atom. The fourth-order valence-corrected chi connectivity index (χ4v) is 4.15. The quantitative estimate of drug-likeness (QED) is 0.438. The Bertz CT molecular complexity index is 1490. The lowest BCUT2D eigenvalue weighted by molar-refractivity contribution is -0.120. The molecular formula is C24H21N9O. The number of carbonyl (C=O) groups is 1. The number of imidazole rings is 1. The summed E-state index contributed by atoms with van der Waals surface area (Å²) in [5.41, 5.74) is 3.65. The van der Waals surface area contributed by atoms with Gasteiger partial charge in [-0.3, -0.25) is 9.20 Å². The molecule has 0 saturated carbocycles. The van der Waals surface area contributed by atoms with Gasteiger partial charge < -0.3 is 10.2 Å². The number of anilines is 2.